The van der Waals surface area contributed by atoms with Gasteiger partial charge < -0.3 is 14.2 Å². The smallest absolute Gasteiger partial charge is 0.398 e. The SMILES string of the molecule is CCOC(=O)C1CN([B]OC)CCC1=O. The van der Waals surface area contributed by atoms with Crippen molar-refractivity contribution in [1.82, 2.24) is 4.81 Å². The van der Waals surface area contributed by atoms with Gasteiger partial charge in [-0.3, -0.25) is 9.59 Å². The Kier molecular flexibility index (Phi) is 4.78. The highest BCUT2D eigenvalue weighted by Crippen LogP contribution is 2.13. The molecule has 0 aromatic carbocycles. The summed E-state index contributed by atoms with van der Waals surface area (Å²) in [5, 5.41) is 0. The molecule has 0 aromatic heterocycles. The predicted molar refractivity (Wildman–Crippen MR) is 54.1 cm³/mol. The number of ketones is 1. The summed E-state index contributed by atoms with van der Waals surface area (Å²) >= 11 is 0. The zero-order chi connectivity index (χ0) is 11.3. The van der Waals surface area contributed by atoms with Crippen molar-refractivity contribution < 1.29 is 19.0 Å². The van der Waals surface area contributed by atoms with Crippen LogP contribution in [0.3, 0.4) is 0 Å². The molecule has 0 spiro atoms. The summed E-state index contributed by atoms with van der Waals surface area (Å²) in [6, 6.07) is 0. The fourth-order valence-corrected chi connectivity index (χ4v) is 1.55. The number of esters is 1. The third kappa shape index (κ3) is 3.32. The van der Waals surface area contributed by atoms with Crippen molar-refractivity contribution in [3.8, 4) is 0 Å². The van der Waals surface area contributed by atoms with Gasteiger partial charge >= 0.3 is 13.6 Å². The van der Waals surface area contributed by atoms with E-state index in [0.29, 0.717) is 26.1 Å². The zero-order valence-electron chi connectivity index (χ0n) is 9.06. The Hall–Kier alpha value is -0.875. The van der Waals surface area contributed by atoms with Crippen molar-refractivity contribution >= 4 is 19.4 Å². The van der Waals surface area contributed by atoms with Crippen LogP contribution in [0.15, 0.2) is 0 Å². The molecule has 6 heteroatoms. The Balaban J connectivity index is 2.53. The standard InChI is InChI=1S/C9H15BNO4/c1-3-15-9(13)7-6-11(10-14-2)5-4-8(7)12/h7H,3-6H2,1-2H3. The topological polar surface area (TPSA) is 55.8 Å². The Morgan fingerprint density at radius 3 is 3.00 bits per heavy atom. The molecule has 1 saturated heterocycles. The molecule has 15 heavy (non-hydrogen) atoms. The van der Waals surface area contributed by atoms with Crippen LogP contribution < -0.4 is 0 Å². The van der Waals surface area contributed by atoms with E-state index >= 15 is 0 Å². The third-order valence-electron chi connectivity index (χ3n) is 2.28. The van der Waals surface area contributed by atoms with Gasteiger partial charge in [-0.05, 0) is 13.5 Å². The van der Waals surface area contributed by atoms with Crippen molar-refractivity contribution in [1.29, 1.82) is 0 Å². The average molecular weight is 212 g/mol. The molecule has 0 aromatic rings. The number of piperidine rings is 1. The molecule has 0 bridgehead atoms. The lowest BCUT2D eigenvalue weighted by Gasteiger charge is -2.28. The first-order valence-corrected chi connectivity index (χ1v) is 4.98. The lowest BCUT2D eigenvalue weighted by Crippen LogP contribution is -2.46. The monoisotopic (exact) mass is 212 g/mol. The van der Waals surface area contributed by atoms with E-state index in [1.807, 2.05) is 4.81 Å². The molecule has 1 aliphatic rings. The molecule has 1 radical (unpaired) electrons. The maximum absolute atomic E-state index is 11.5. The van der Waals surface area contributed by atoms with Crippen molar-refractivity contribution in [3.63, 3.8) is 0 Å². The van der Waals surface area contributed by atoms with Gasteiger partial charge in [-0.15, -0.1) is 0 Å². The number of nitrogens with zero attached hydrogens (tertiary/aromatic N) is 1. The molecule has 0 amide bonds. The van der Waals surface area contributed by atoms with Gasteiger partial charge in [0.2, 0.25) is 0 Å². The number of carbonyl (C=O) groups is 2. The minimum atomic E-state index is -0.662. The van der Waals surface area contributed by atoms with Gasteiger partial charge in [0.05, 0.1) is 6.61 Å². The van der Waals surface area contributed by atoms with Crippen LogP contribution >= 0.6 is 0 Å². The largest absolute Gasteiger partial charge is 0.465 e. The molecule has 0 N–H and O–H groups in total. The number of hydrogen-bond acceptors (Lipinski definition) is 5. The summed E-state index contributed by atoms with van der Waals surface area (Å²) in [4.78, 5) is 24.7. The molecule has 1 fully saturated rings. The summed E-state index contributed by atoms with van der Waals surface area (Å²) in [6.07, 6.45) is 0.364. The highest BCUT2D eigenvalue weighted by molar-refractivity contribution is 6.23. The Bertz CT molecular complexity index is 246. The van der Waals surface area contributed by atoms with Crippen LogP contribution in [0.2, 0.25) is 0 Å². The van der Waals surface area contributed by atoms with Gasteiger partial charge in [0, 0.05) is 20.1 Å². The van der Waals surface area contributed by atoms with Gasteiger partial charge in [0.1, 0.15) is 11.7 Å². The fourth-order valence-electron chi connectivity index (χ4n) is 1.55. The van der Waals surface area contributed by atoms with Crippen molar-refractivity contribution in [3.05, 3.63) is 0 Å². The average Bonchev–Trinajstić information content (AvgIpc) is 2.21. The van der Waals surface area contributed by atoms with E-state index in [1.54, 1.807) is 6.92 Å². The molecule has 1 unspecified atom stereocenters. The molecule has 1 heterocycles. The van der Waals surface area contributed by atoms with E-state index in [2.05, 4.69) is 0 Å². The second-order valence-corrected chi connectivity index (χ2v) is 3.36. The van der Waals surface area contributed by atoms with Gasteiger partial charge in [-0.25, -0.2) is 0 Å². The van der Waals surface area contributed by atoms with E-state index in [9.17, 15) is 9.59 Å². The minimum absolute atomic E-state index is 0.0470. The highest BCUT2D eigenvalue weighted by Gasteiger charge is 2.33. The first-order valence-electron chi connectivity index (χ1n) is 4.98. The Morgan fingerprint density at radius 2 is 2.40 bits per heavy atom. The van der Waals surface area contributed by atoms with Crippen LogP contribution in [0.5, 0.6) is 0 Å². The fraction of sp³-hybridized carbons (Fsp3) is 0.778. The lowest BCUT2D eigenvalue weighted by atomic mass is 9.93. The summed E-state index contributed by atoms with van der Waals surface area (Å²) in [7, 11) is 3.06. The summed E-state index contributed by atoms with van der Waals surface area (Å²) in [5.74, 6) is -1.14. The minimum Gasteiger partial charge on any atom is -0.465 e. The van der Waals surface area contributed by atoms with Crippen molar-refractivity contribution in [2.45, 2.75) is 13.3 Å². The van der Waals surface area contributed by atoms with Gasteiger partial charge in [-0.2, -0.15) is 0 Å². The van der Waals surface area contributed by atoms with E-state index in [4.69, 9.17) is 9.39 Å². The highest BCUT2D eigenvalue weighted by atomic mass is 16.5. The maximum Gasteiger partial charge on any atom is 0.398 e. The van der Waals surface area contributed by atoms with Crippen LogP contribution in [0.1, 0.15) is 13.3 Å². The van der Waals surface area contributed by atoms with Crippen molar-refractivity contribution in [2.75, 3.05) is 26.8 Å². The maximum atomic E-state index is 11.5. The Labute approximate surface area is 90.0 Å². The first kappa shape index (κ1) is 12.2. The van der Waals surface area contributed by atoms with Crippen LogP contribution in [0.25, 0.3) is 0 Å². The van der Waals surface area contributed by atoms with Gasteiger partial charge in [-0.1, -0.05) is 0 Å². The number of rotatable bonds is 4. The summed E-state index contributed by atoms with van der Waals surface area (Å²) < 4.78 is 9.68. The van der Waals surface area contributed by atoms with Crippen molar-refractivity contribution in [2.24, 2.45) is 5.92 Å². The molecule has 83 valence electrons. The second-order valence-electron chi connectivity index (χ2n) is 3.36. The van der Waals surface area contributed by atoms with E-state index in [-0.39, 0.29) is 5.78 Å². The molecule has 0 saturated carbocycles. The predicted octanol–water partition coefficient (Wildman–Crippen LogP) is -0.379. The molecule has 0 aliphatic carbocycles. The summed E-state index contributed by atoms with van der Waals surface area (Å²) in [6.45, 7) is 2.98. The molecule has 5 nitrogen and oxygen atoms in total. The number of ether oxygens (including phenoxy) is 1. The summed E-state index contributed by atoms with van der Waals surface area (Å²) in [5.41, 5.74) is 0. The molecule has 1 aliphatic heterocycles. The van der Waals surface area contributed by atoms with Crippen LogP contribution in [-0.4, -0.2) is 51.0 Å². The number of Topliss-reactive ketones (excluding diaryl/α,β-unsaturated/α-hetero) is 1. The van der Waals surface area contributed by atoms with E-state index in [0.717, 1.165) is 0 Å². The molecule has 1 atom stereocenters. The molecule has 1 rings (SSSR count). The number of hydrogen-bond donors (Lipinski definition) is 0. The quantitative estimate of drug-likeness (QED) is 0.361. The molecular formula is C9H15BNO4. The lowest BCUT2D eigenvalue weighted by molar-refractivity contribution is -0.153. The van der Waals surface area contributed by atoms with Crippen LogP contribution in [0, 0.1) is 5.92 Å². The Morgan fingerprint density at radius 1 is 1.67 bits per heavy atom. The van der Waals surface area contributed by atoms with E-state index < -0.39 is 11.9 Å². The number of carbonyl (C=O) groups excluding carboxylic acids is 2. The second kappa shape index (κ2) is 5.87. The normalized spacial score (nSPS) is 22.5. The van der Waals surface area contributed by atoms with Gasteiger partial charge in [0.15, 0.2) is 0 Å². The van der Waals surface area contributed by atoms with Gasteiger partial charge in [0.25, 0.3) is 0 Å². The van der Waals surface area contributed by atoms with Crippen LogP contribution in [-0.2, 0) is 19.0 Å². The van der Waals surface area contributed by atoms with E-state index in [1.165, 1.54) is 14.7 Å². The molecular weight excluding hydrogens is 197 g/mol. The first-order chi connectivity index (χ1) is 7.19. The van der Waals surface area contributed by atoms with Crippen LogP contribution in [0.4, 0.5) is 0 Å². The third-order valence-corrected chi connectivity index (χ3v) is 2.28. The zero-order valence-corrected chi connectivity index (χ0v) is 9.06.